The molecule has 33 heavy (non-hydrogen) atoms. The van der Waals surface area contributed by atoms with Gasteiger partial charge in [-0.2, -0.15) is 0 Å². The van der Waals surface area contributed by atoms with E-state index in [4.69, 9.17) is 0 Å². The fourth-order valence-corrected chi connectivity index (χ4v) is 5.69. The molecule has 0 spiro atoms. The van der Waals surface area contributed by atoms with E-state index >= 15 is 0 Å². The molecule has 2 fully saturated rings. The van der Waals surface area contributed by atoms with Crippen LogP contribution in [0.15, 0.2) is 41.8 Å². The summed E-state index contributed by atoms with van der Waals surface area (Å²) < 4.78 is 0. The molecule has 6 nitrogen and oxygen atoms in total. The van der Waals surface area contributed by atoms with Crippen LogP contribution in [-0.2, 0) is 9.59 Å². The number of thiazole rings is 1. The first-order valence-electron chi connectivity index (χ1n) is 12.1. The lowest BCUT2D eigenvalue weighted by Gasteiger charge is -2.28. The van der Waals surface area contributed by atoms with Gasteiger partial charge in [0.15, 0.2) is 5.13 Å². The summed E-state index contributed by atoms with van der Waals surface area (Å²) in [6.07, 6.45) is 11.3. The Hall–Kier alpha value is -2.51. The minimum atomic E-state index is -0.0931. The highest BCUT2D eigenvalue weighted by Gasteiger charge is 2.22. The van der Waals surface area contributed by atoms with Gasteiger partial charge in [0.2, 0.25) is 11.8 Å². The Morgan fingerprint density at radius 1 is 1.06 bits per heavy atom. The van der Waals surface area contributed by atoms with Gasteiger partial charge in [0.05, 0.1) is 11.4 Å². The molecule has 1 saturated heterocycles. The van der Waals surface area contributed by atoms with Crippen LogP contribution in [0.4, 0.5) is 10.8 Å². The molecule has 0 N–H and O–H groups in total. The Morgan fingerprint density at radius 3 is 2.61 bits per heavy atom. The van der Waals surface area contributed by atoms with E-state index in [0.717, 1.165) is 44.2 Å². The van der Waals surface area contributed by atoms with Crippen LogP contribution in [0.2, 0.25) is 0 Å². The van der Waals surface area contributed by atoms with Crippen molar-refractivity contribution in [3.63, 3.8) is 0 Å². The Balaban J connectivity index is 1.33. The molecule has 2 aromatic rings. The van der Waals surface area contributed by atoms with E-state index in [1.165, 1.54) is 56.9 Å². The molecule has 1 aliphatic carbocycles. The predicted molar refractivity (Wildman–Crippen MR) is 135 cm³/mol. The summed E-state index contributed by atoms with van der Waals surface area (Å²) in [6.45, 7) is 6.35. The maximum absolute atomic E-state index is 12.8. The van der Waals surface area contributed by atoms with Crippen molar-refractivity contribution in [1.29, 1.82) is 0 Å². The standard InChI is InChI=1S/C26H34N4O2S/c1-21(31)30(24-11-6-3-7-12-24)26-27-23(20-33-26)13-14-25(32)29-16-8-15-28(17-18-29)19-22-9-4-2-5-10-22/h3,6-7,11-14,20,22H,2,4-5,8-10,15-19H2,1H3/b14-13+. The number of hydrogen-bond donors (Lipinski definition) is 0. The first-order chi connectivity index (χ1) is 16.1. The molecule has 2 aliphatic rings. The highest BCUT2D eigenvalue weighted by molar-refractivity contribution is 7.14. The highest BCUT2D eigenvalue weighted by atomic mass is 32.1. The zero-order valence-corrected chi connectivity index (χ0v) is 20.3. The number of anilines is 2. The molecular weight excluding hydrogens is 432 g/mol. The first-order valence-corrected chi connectivity index (χ1v) is 13.0. The van der Waals surface area contributed by atoms with Crippen molar-refractivity contribution in [1.82, 2.24) is 14.8 Å². The largest absolute Gasteiger partial charge is 0.338 e. The number of aromatic nitrogens is 1. The Bertz CT molecular complexity index is 952. The van der Waals surface area contributed by atoms with Gasteiger partial charge in [-0.1, -0.05) is 37.5 Å². The molecule has 7 heteroatoms. The summed E-state index contributed by atoms with van der Waals surface area (Å²) in [7, 11) is 0. The third kappa shape index (κ3) is 6.51. The third-order valence-electron chi connectivity index (χ3n) is 6.57. The first kappa shape index (κ1) is 23.6. The second-order valence-electron chi connectivity index (χ2n) is 9.06. The second kappa shape index (κ2) is 11.6. The monoisotopic (exact) mass is 466 g/mol. The third-order valence-corrected chi connectivity index (χ3v) is 7.41. The molecule has 2 heterocycles. The van der Waals surface area contributed by atoms with Crippen molar-refractivity contribution in [3.05, 3.63) is 47.5 Å². The molecular formula is C26H34N4O2S. The van der Waals surface area contributed by atoms with E-state index in [2.05, 4.69) is 9.88 Å². The molecule has 0 atom stereocenters. The van der Waals surface area contributed by atoms with Crippen LogP contribution in [0.3, 0.4) is 0 Å². The maximum Gasteiger partial charge on any atom is 0.246 e. The fraction of sp³-hybridized carbons (Fsp3) is 0.500. The quantitative estimate of drug-likeness (QED) is 0.565. The molecule has 0 unspecified atom stereocenters. The number of hydrogen-bond acceptors (Lipinski definition) is 5. The Kier molecular flexibility index (Phi) is 8.29. The van der Waals surface area contributed by atoms with E-state index in [-0.39, 0.29) is 11.8 Å². The number of nitrogens with zero attached hydrogens (tertiary/aromatic N) is 4. The molecule has 0 radical (unpaired) electrons. The number of para-hydroxylation sites is 1. The number of benzene rings is 1. The van der Waals surface area contributed by atoms with Crippen molar-refractivity contribution in [2.75, 3.05) is 37.6 Å². The van der Waals surface area contributed by atoms with E-state index < -0.39 is 0 Å². The zero-order chi connectivity index (χ0) is 23.0. The average Bonchev–Trinajstić information content (AvgIpc) is 3.16. The minimum absolute atomic E-state index is 0.0375. The smallest absolute Gasteiger partial charge is 0.246 e. The van der Waals surface area contributed by atoms with E-state index in [9.17, 15) is 9.59 Å². The molecule has 176 valence electrons. The molecule has 0 bridgehead atoms. The van der Waals surface area contributed by atoms with Gasteiger partial charge < -0.3 is 9.80 Å². The van der Waals surface area contributed by atoms with Gasteiger partial charge >= 0.3 is 0 Å². The van der Waals surface area contributed by atoms with E-state index in [0.29, 0.717) is 10.8 Å². The van der Waals surface area contributed by atoms with Crippen LogP contribution in [0, 0.1) is 5.92 Å². The number of carbonyl (C=O) groups excluding carboxylic acids is 2. The van der Waals surface area contributed by atoms with Crippen molar-refractivity contribution in [3.8, 4) is 0 Å². The number of carbonyl (C=O) groups is 2. The van der Waals surface area contributed by atoms with Gasteiger partial charge in [-0.15, -0.1) is 11.3 Å². The lowest BCUT2D eigenvalue weighted by atomic mass is 9.89. The summed E-state index contributed by atoms with van der Waals surface area (Å²) >= 11 is 1.40. The second-order valence-corrected chi connectivity index (χ2v) is 9.90. The lowest BCUT2D eigenvalue weighted by molar-refractivity contribution is -0.125. The zero-order valence-electron chi connectivity index (χ0n) is 19.5. The number of rotatable bonds is 6. The molecule has 1 aromatic heterocycles. The van der Waals surface area contributed by atoms with Gasteiger partial charge in [0, 0.05) is 44.6 Å². The van der Waals surface area contributed by atoms with Gasteiger partial charge in [0.25, 0.3) is 0 Å². The van der Waals surface area contributed by atoms with Crippen molar-refractivity contribution >= 4 is 40.0 Å². The molecule has 2 amide bonds. The summed E-state index contributed by atoms with van der Waals surface area (Å²) in [5, 5.41) is 2.49. The number of amides is 2. The van der Waals surface area contributed by atoms with Gasteiger partial charge in [-0.3, -0.25) is 14.5 Å². The van der Waals surface area contributed by atoms with Crippen LogP contribution >= 0.6 is 11.3 Å². The van der Waals surface area contributed by atoms with E-state index in [1.807, 2.05) is 40.6 Å². The highest BCUT2D eigenvalue weighted by Crippen LogP contribution is 2.29. The summed E-state index contributed by atoms with van der Waals surface area (Å²) in [5.74, 6) is 0.783. The van der Waals surface area contributed by atoms with Crippen molar-refractivity contribution in [2.24, 2.45) is 5.92 Å². The SMILES string of the molecule is CC(=O)N(c1ccccc1)c1nc(/C=C/C(=O)N2CCCN(CC3CCCCC3)CC2)cs1. The van der Waals surface area contributed by atoms with Gasteiger partial charge in [-0.05, 0) is 49.9 Å². The Morgan fingerprint density at radius 2 is 1.85 bits per heavy atom. The molecule has 4 rings (SSSR count). The van der Waals surface area contributed by atoms with Crippen LogP contribution in [0.1, 0.15) is 51.1 Å². The topological polar surface area (TPSA) is 56.8 Å². The normalized spacial score (nSPS) is 18.4. The minimum Gasteiger partial charge on any atom is -0.338 e. The summed E-state index contributed by atoms with van der Waals surface area (Å²) in [6, 6.07) is 9.49. The summed E-state index contributed by atoms with van der Waals surface area (Å²) in [4.78, 5) is 35.7. The average molecular weight is 467 g/mol. The van der Waals surface area contributed by atoms with Crippen LogP contribution < -0.4 is 4.90 Å². The molecule has 1 aliphatic heterocycles. The van der Waals surface area contributed by atoms with E-state index in [1.54, 1.807) is 17.1 Å². The van der Waals surface area contributed by atoms with Crippen LogP contribution in [0.5, 0.6) is 0 Å². The molecule has 1 saturated carbocycles. The maximum atomic E-state index is 12.8. The predicted octanol–water partition coefficient (Wildman–Crippen LogP) is 4.96. The van der Waals surface area contributed by atoms with Crippen molar-refractivity contribution in [2.45, 2.75) is 45.4 Å². The van der Waals surface area contributed by atoms with Crippen LogP contribution in [0.25, 0.3) is 6.08 Å². The molecule has 1 aromatic carbocycles. The summed E-state index contributed by atoms with van der Waals surface area (Å²) in [5.41, 5.74) is 1.48. The van der Waals surface area contributed by atoms with Gasteiger partial charge in [0.1, 0.15) is 0 Å². The van der Waals surface area contributed by atoms with Gasteiger partial charge in [-0.25, -0.2) is 4.98 Å². The van der Waals surface area contributed by atoms with Crippen LogP contribution in [-0.4, -0.2) is 59.3 Å². The fourth-order valence-electron chi connectivity index (χ4n) is 4.83. The van der Waals surface area contributed by atoms with Crippen molar-refractivity contribution < 1.29 is 9.59 Å². The Labute approximate surface area is 200 Å². The lowest BCUT2D eigenvalue weighted by Crippen LogP contribution is -2.36.